The first-order valence-electron chi connectivity index (χ1n) is 2.49. The molecule has 11 heavy (non-hydrogen) atoms. The van der Waals surface area contributed by atoms with Crippen LogP contribution in [0.4, 0.5) is 0 Å². The fourth-order valence-corrected chi connectivity index (χ4v) is 0.313. The molecule has 0 saturated heterocycles. The molecule has 0 spiro atoms. The summed E-state index contributed by atoms with van der Waals surface area (Å²) in [6.07, 6.45) is 3.50. The van der Waals surface area contributed by atoms with E-state index in [1.807, 2.05) is 18.2 Å². The quantitative estimate of drug-likeness (QED) is 0.618. The summed E-state index contributed by atoms with van der Waals surface area (Å²) in [4.78, 5) is 3.78. The van der Waals surface area contributed by atoms with E-state index in [9.17, 15) is 0 Å². The molecule has 0 aliphatic rings. The smallest absolute Gasteiger partial charge is 0.265 e. The zero-order valence-electron chi connectivity index (χ0n) is 5.31. The van der Waals surface area contributed by atoms with Crippen molar-refractivity contribution < 1.29 is 8.42 Å². The maximum Gasteiger partial charge on any atom is 0.317 e. The molecule has 1 aromatic heterocycles. The second-order valence-electron chi connectivity index (χ2n) is 1.40. The van der Waals surface area contributed by atoms with Crippen molar-refractivity contribution in [3.8, 4) is 0 Å². The highest BCUT2D eigenvalue weighted by molar-refractivity contribution is 8.31. The van der Waals surface area contributed by atoms with Gasteiger partial charge >= 0.3 is 8.26 Å². The SMILES string of the molecule is O=S(=O)(Cl)Cl.c1ccncc1. The largest absolute Gasteiger partial charge is 0.317 e. The van der Waals surface area contributed by atoms with Crippen LogP contribution in [0.15, 0.2) is 30.6 Å². The van der Waals surface area contributed by atoms with Gasteiger partial charge in [-0.2, -0.15) is 8.42 Å². The molecule has 1 rings (SSSR count). The third-order valence-corrected chi connectivity index (χ3v) is 0.566. The number of nitrogens with zero attached hydrogens (tertiary/aromatic N) is 1. The number of hydrogen-bond acceptors (Lipinski definition) is 3. The minimum atomic E-state index is -3.72. The molecule has 0 atom stereocenters. The molecule has 0 amide bonds. The minimum Gasteiger partial charge on any atom is -0.265 e. The molecule has 62 valence electrons. The Kier molecular flexibility index (Phi) is 5.19. The Morgan fingerprint density at radius 2 is 1.36 bits per heavy atom. The standard InChI is InChI=1S/C5H5N.Cl2O2S/c1-2-4-6-5-3-1;1-5(2,3)4/h1-5H;. The number of halogens is 2. The first-order chi connectivity index (χ1) is 5.00. The van der Waals surface area contributed by atoms with Crippen molar-refractivity contribution in [1.29, 1.82) is 0 Å². The van der Waals surface area contributed by atoms with Gasteiger partial charge in [-0.05, 0) is 12.1 Å². The van der Waals surface area contributed by atoms with Gasteiger partial charge in [0, 0.05) is 33.8 Å². The van der Waals surface area contributed by atoms with Gasteiger partial charge in [0.15, 0.2) is 0 Å². The van der Waals surface area contributed by atoms with E-state index in [4.69, 9.17) is 8.42 Å². The molecule has 3 nitrogen and oxygen atoms in total. The van der Waals surface area contributed by atoms with Crippen LogP contribution in [0.25, 0.3) is 0 Å². The molecular weight excluding hydrogens is 209 g/mol. The van der Waals surface area contributed by atoms with Crippen LogP contribution in [0.1, 0.15) is 0 Å². The molecular formula is C5H5Cl2NO2S. The van der Waals surface area contributed by atoms with Gasteiger partial charge in [-0.1, -0.05) is 6.07 Å². The lowest BCUT2D eigenvalue weighted by Gasteiger charge is -1.70. The Labute approximate surface area is 73.9 Å². The second kappa shape index (κ2) is 5.35. The topological polar surface area (TPSA) is 47.0 Å². The third kappa shape index (κ3) is 17.7. The average molecular weight is 214 g/mol. The van der Waals surface area contributed by atoms with Gasteiger partial charge in [-0.25, -0.2) is 0 Å². The summed E-state index contributed by atoms with van der Waals surface area (Å²) < 4.78 is 18.3. The first kappa shape index (κ1) is 10.7. The molecule has 0 N–H and O–H groups in total. The van der Waals surface area contributed by atoms with Gasteiger partial charge in [-0.15, -0.1) is 0 Å². The monoisotopic (exact) mass is 213 g/mol. The number of rotatable bonds is 0. The van der Waals surface area contributed by atoms with E-state index < -0.39 is 8.26 Å². The normalized spacial score (nSPS) is 9.64. The minimum absolute atomic E-state index is 1.75. The summed E-state index contributed by atoms with van der Waals surface area (Å²) in [6.45, 7) is 0. The predicted molar refractivity (Wildman–Crippen MR) is 44.9 cm³/mol. The summed E-state index contributed by atoms with van der Waals surface area (Å²) in [7, 11) is 4.81. The summed E-state index contributed by atoms with van der Waals surface area (Å²) in [5.41, 5.74) is 0. The highest BCUT2D eigenvalue weighted by atomic mass is 36.0. The van der Waals surface area contributed by atoms with Crippen LogP contribution in [-0.2, 0) is 8.26 Å². The van der Waals surface area contributed by atoms with Gasteiger partial charge < -0.3 is 0 Å². The molecule has 0 aliphatic carbocycles. The molecule has 0 fully saturated rings. The number of aromatic nitrogens is 1. The lowest BCUT2D eigenvalue weighted by Crippen LogP contribution is -1.63. The Morgan fingerprint density at radius 3 is 1.45 bits per heavy atom. The van der Waals surface area contributed by atoms with Crippen molar-refractivity contribution in [3.05, 3.63) is 30.6 Å². The number of pyridine rings is 1. The lowest BCUT2D eigenvalue weighted by atomic mass is 10.5. The number of hydrogen-bond donors (Lipinski definition) is 0. The average Bonchev–Trinajstić information content (AvgIpc) is 1.88. The third-order valence-electron chi connectivity index (χ3n) is 0.566. The van der Waals surface area contributed by atoms with Crippen molar-refractivity contribution in [2.45, 2.75) is 0 Å². The van der Waals surface area contributed by atoms with Crippen LogP contribution < -0.4 is 0 Å². The Balaban J connectivity index is 0.000000187. The van der Waals surface area contributed by atoms with Crippen LogP contribution in [0.5, 0.6) is 0 Å². The van der Waals surface area contributed by atoms with Gasteiger partial charge in [-0.3, -0.25) is 4.98 Å². The van der Waals surface area contributed by atoms with Crippen molar-refractivity contribution in [3.63, 3.8) is 0 Å². The van der Waals surface area contributed by atoms with Crippen molar-refractivity contribution >= 4 is 29.6 Å². The van der Waals surface area contributed by atoms with Crippen molar-refractivity contribution in [1.82, 2.24) is 4.98 Å². The zero-order valence-corrected chi connectivity index (χ0v) is 7.64. The fraction of sp³-hybridized carbons (Fsp3) is 0. The Hall–Kier alpha value is -0.320. The van der Waals surface area contributed by atoms with Crippen LogP contribution >= 0.6 is 21.4 Å². The zero-order chi connectivity index (χ0) is 8.74. The van der Waals surface area contributed by atoms with E-state index in [1.165, 1.54) is 0 Å². The molecule has 6 heteroatoms. The highest BCUT2D eigenvalue weighted by Gasteiger charge is 1.88. The summed E-state index contributed by atoms with van der Waals surface area (Å²) in [6, 6.07) is 5.72. The van der Waals surface area contributed by atoms with Gasteiger partial charge in [0.2, 0.25) is 0 Å². The molecule has 0 bridgehead atoms. The van der Waals surface area contributed by atoms with E-state index in [1.54, 1.807) is 12.4 Å². The van der Waals surface area contributed by atoms with Gasteiger partial charge in [0.25, 0.3) is 0 Å². The maximum absolute atomic E-state index is 9.16. The van der Waals surface area contributed by atoms with E-state index in [-0.39, 0.29) is 0 Å². The Bertz CT molecular complexity index is 239. The van der Waals surface area contributed by atoms with E-state index in [2.05, 4.69) is 26.3 Å². The maximum atomic E-state index is 9.16. The van der Waals surface area contributed by atoms with E-state index >= 15 is 0 Å². The van der Waals surface area contributed by atoms with E-state index in [0.717, 1.165) is 0 Å². The molecule has 0 unspecified atom stereocenters. The summed E-state index contributed by atoms with van der Waals surface area (Å²) >= 11 is 0. The molecule has 0 radical (unpaired) electrons. The van der Waals surface area contributed by atoms with Crippen LogP contribution in [0.2, 0.25) is 0 Å². The van der Waals surface area contributed by atoms with E-state index in [0.29, 0.717) is 0 Å². The molecule has 0 saturated carbocycles. The summed E-state index contributed by atoms with van der Waals surface area (Å²) in [5, 5.41) is 0. The Morgan fingerprint density at radius 1 is 1.00 bits per heavy atom. The van der Waals surface area contributed by atoms with Crippen LogP contribution in [-0.4, -0.2) is 13.4 Å². The van der Waals surface area contributed by atoms with Crippen LogP contribution in [0.3, 0.4) is 0 Å². The molecule has 1 aromatic rings. The van der Waals surface area contributed by atoms with Crippen molar-refractivity contribution in [2.75, 3.05) is 0 Å². The van der Waals surface area contributed by atoms with Gasteiger partial charge in [0.1, 0.15) is 0 Å². The van der Waals surface area contributed by atoms with Gasteiger partial charge in [0.05, 0.1) is 0 Å². The van der Waals surface area contributed by atoms with Crippen LogP contribution in [0, 0.1) is 0 Å². The fourth-order valence-electron chi connectivity index (χ4n) is 0.313. The molecule has 0 aromatic carbocycles. The second-order valence-corrected chi connectivity index (χ2v) is 5.07. The molecule has 1 heterocycles. The molecule has 0 aliphatic heterocycles. The predicted octanol–water partition coefficient (Wildman–Crippen LogP) is 1.79. The highest BCUT2D eigenvalue weighted by Crippen LogP contribution is 1.98. The van der Waals surface area contributed by atoms with Crippen molar-refractivity contribution in [2.24, 2.45) is 0 Å². The summed E-state index contributed by atoms with van der Waals surface area (Å²) in [5.74, 6) is 0. The lowest BCUT2D eigenvalue weighted by molar-refractivity contribution is 0.621. The first-order valence-corrected chi connectivity index (χ1v) is 5.63.